The molecule has 19 nitrogen and oxygen atoms in total. The van der Waals surface area contributed by atoms with Gasteiger partial charge in [-0.3, -0.25) is 33.8 Å². The molecule has 0 saturated heterocycles. The second-order valence-electron chi connectivity index (χ2n) is 13.4. The van der Waals surface area contributed by atoms with Crippen LogP contribution in [0.1, 0.15) is 58.2 Å². The van der Waals surface area contributed by atoms with Crippen molar-refractivity contribution in [2.45, 2.75) is 90.0 Å². The Morgan fingerprint density at radius 3 is 1.98 bits per heavy atom. The average Bonchev–Trinajstić information content (AvgIpc) is 3.63. The summed E-state index contributed by atoms with van der Waals surface area (Å²) in [6.07, 6.45) is 3.88. The number of hydrogen-bond donors (Lipinski definition) is 11. The molecule has 54 heavy (non-hydrogen) atoms. The molecule has 1 heterocycles. The standard InChI is InChI=1S/C35H56N12O7/c1-6-20(4)29(34(54)44-25(30(36)50)15-22-16-40-18-42-22)47-32(52)26(14-21-9-11-23(48)12-10-21)45-33(53)28(19(2)3)46-31(51)24(43-27(49)17-39-5)8-7-13-41-35(37)38/h9-12,16,18-20,24-26,28-29,39,48H,6-8,13-15,17H2,1-5H3,(H2,36,50)(H,40,42)(H,43,49)(H,44,54)(H,45,53)(H,46,51)(H,47,52)(H4,37,38,41)/t20-,24-,25-,26-,28-,29-/m0/s1. The molecular weight excluding hydrogens is 700 g/mol. The molecule has 0 aliphatic carbocycles. The number of guanidine groups is 1. The lowest BCUT2D eigenvalue weighted by Gasteiger charge is -2.30. The lowest BCUT2D eigenvalue weighted by Crippen LogP contribution is -2.61. The first-order chi connectivity index (χ1) is 25.6. The fourth-order valence-corrected chi connectivity index (χ4v) is 5.36. The number of phenols is 1. The third-order valence-electron chi connectivity index (χ3n) is 8.62. The maximum atomic E-state index is 14.0. The van der Waals surface area contributed by atoms with Crippen LogP contribution in [0, 0.1) is 11.8 Å². The molecule has 1 aromatic heterocycles. The van der Waals surface area contributed by atoms with Crippen molar-refractivity contribution in [3.8, 4) is 5.75 Å². The first kappa shape index (κ1) is 44.4. The zero-order chi connectivity index (χ0) is 40.4. The van der Waals surface area contributed by atoms with Gasteiger partial charge in [0.05, 0.1) is 12.9 Å². The van der Waals surface area contributed by atoms with Crippen LogP contribution < -0.4 is 49.1 Å². The number of carbonyl (C=O) groups excluding carboxylic acids is 6. The summed E-state index contributed by atoms with van der Waals surface area (Å²) in [5.74, 6) is -4.95. The van der Waals surface area contributed by atoms with Crippen LogP contribution >= 0.6 is 0 Å². The van der Waals surface area contributed by atoms with Gasteiger partial charge in [0.25, 0.3) is 0 Å². The highest BCUT2D eigenvalue weighted by atomic mass is 16.3. The number of imidazole rings is 1. The van der Waals surface area contributed by atoms with Crippen LogP contribution in [0.2, 0.25) is 0 Å². The number of aromatic amines is 1. The normalized spacial score (nSPS) is 14.3. The van der Waals surface area contributed by atoms with Crippen molar-refractivity contribution in [3.05, 3.63) is 48.0 Å². The van der Waals surface area contributed by atoms with Crippen molar-refractivity contribution < 1.29 is 33.9 Å². The zero-order valence-corrected chi connectivity index (χ0v) is 31.5. The maximum absolute atomic E-state index is 14.0. The summed E-state index contributed by atoms with van der Waals surface area (Å²) >= 11 is 0. The Labute approximate surface area is 314 Å². The summed E-state index contributed by atoms with van der Waals surface area (Å²) in [6.45, 7) is 7.14. The predicted molar refractivity (Wildman–Crippen MR) is 201 cm³/mol. The molecule has 0 spiro atoms. The van der Waals surface area contributed by atoms with Gasteiger partial charge in [0.1, 0.15) is 36.0 Å². The molecule has 2 aromatic rings. The molecule has 0 radical (unpaired) electrons. The van der Waals surface area contributed by atoms with Gasteiger partial charge in [0, 0.05) is 31.3 Å². The minimum atomic E-state index is -1.26. The smallest absolute Gasteiger partial charge is 0.243 e. The number of carbonyl (C=O) groups is 6. The van der Waals surface area contributed by atoms with Crippen LogP contribution in [0.5, 0.6) is 5.75 Å². The number of nitrogens with zero attached hydrogens (tertiary/aromatic N) is 2. The number of aliphatic imine (C=N–C) groups is 1. The highest BCUT2D eigenvalue weighted by Gasteiger charge is 2.35. The zero-order valence-electron chi connectivity index (χ0n) is 31.5. The van der Waals surface area contributed by atoms with E-state index < -0.39 is 77.5 Å². The van der Waals surface area contributed by atoms with E-state index in [2.05, 4.69) is 46.9 Å². The summed E-state index contributed by atoms with van der Waals surface area (Å²) in [5.41, 5.74) is 17.5. The monoisotopic (exact) mass is 756 g/mol. The highest BCUT2D eigenvalue weighted by molar-refractivity contribution is 5.96. The minimum Gasteiger partial charge on any atom is -0.508 e. The van der Waals surface area contributed by atoms with Crippen LogP contribution in [0.4, 0.5) is 0 Å². The van der Waals surface area contributed by atoms with Crippen LogP contribution in [0.25, 0.3) is 0 Å². The number of nitrogens with one attached hydrogen (secondary N) is 7. The Morgan fingerprint density at radius 2 is 1.43 bits per heavy atom. The van der Waals surface area contributed by atoms with E-state index in [1.165, 1.54) is 24.7 Å². The third kappa shape index (κ3) is 15.1. The van der Waals surface area contributed by atoms with E-state index >= 15 is 0 Å². The van der Waals surface area contributed by atoms with Gasteiger partial charge in [0.15, 0.2) is 5.96 Å². The molecule has 0 aliphatic rings. The fraction of sp³-hybridized carbons (Fsp3) is 0.543. The number of likely N-dealkylation sites (N-methyl/N-ethyl adjacent to an activating group) is 1. The first-order valence-electron chi connectivity index (χ1n) is 17.8. The van der Waals surface area contributed by atoms with Gasteiger partial charge in [-0.15, -0.1) is 0 Å². The number of aromatic hydroxyl groups is 1. The number of phenolic OH excluding ortho intramolecular Hbond substituents is 1. The van der Waals surface area contributed by atoms with Crippen molar-refractivity contribution in [2.75, 3.05) is 20.1 Å². The molecule has 19 heteroatoms. The molecule has 0 aliphatic heterocycles. The summed E-state index contributed by atoms with van der Waals surface area (Å²) in [4.78, 5) is 90.5. The van der Waals surface area contributed by atoms with Crippen LogP contribution in [-0.4, -0.2) is 107 Å². The van der Waals surface area contributed by atoms with Crippen molar-refractivity contribution in [1.29, 1.82) is 0 Å². The Balaban J connectivity index is 2.35. The second kappa shape index (κ2) is 22.4. The molecule has 14 N–H and O–H groups in total. The molecule has 0 fully saturated rings. The highest BCUT2D eigenvalue weighted by Crippen LogP contribution is 2.15. The molecule has 298 valence electrons. The van der Waals surface area contributed by atoms with E-state index in [4.69, 9.17) is 17.2 Å². The van der Waals surface area contributed by atoms with Gasteiger partial charge in [0.2, 0.25) is 35.4 Å². The summed E-state index contributed by atoms with van der Waals surface area (Å²) in [7, 11) is 1.58. The Bertz CT molecular complexity index is 1560. The van der Waals surface area contributed by atoms with Gasteiger partial charge in [-0.25, -0.2) is 4.98 Å². The quantitative estimate of drug-likeness (QED) is 0.0328. The summed E-state index contributed by atoms with van der Waals surface area (Å²) < 4.78 is 0. The van der Waals surface area contributed by atoms with Crippen molar-refractivity contribution in [2.24, 2.45) is 34.0 Å². The number of primary amides is 1. The van der Waals surface area contributed by atoms with Crippen molar-refractivity contribution in [3.63, 3.8) is 0 Å². The van der Waals surface area contributed by atoms with E-state index in [-0.39, 0.29) is 44.1 Å². The third-order valence-corrected chi connectivity index (χ3v) is 8.62. The van der Waals surface area contributed by atoms with Gasteiger partial charge in [-0.2, -0.15) is 0 Å². The van der Waals surface area contributed by atoms with Crippen molar-refractivity contribution >= 4 is 41.4 Å². The predicted octanol–water partition coefficient (Wildman–Crippen LogP) is -2.22. The number of rotatable bonds is 23. The van der Waals surface area contributed by atoms with E-state index in [9.17, 15) is 33.9 Å². The van der Waals surface area contributed by atoms with Crippen LogP contribution in [0.3, 0.4) is 0 Å². The largest absolute Gasteiger partial charge is 0.508 e. The number of amides is 6. The lowest BCUT2D eigenvalue weighted by atomic mass is 9.96. The molecule has 2 rings (SSSR count). The lowest BCUT2D eigenvalue weighted by molar-refractivity contribution is -0.136. The molecular formula is C35H56N12O7. The summed E-state index contributed by atoms with van der Waals surface area (Å²) in [5, 5.41) is 26.0. The van der Waals surface area contributed by atoms with Crippen LogP contribution in [0.15, 0.2) is 41.8 Å². The molecule has 0 unspecified atom stereocenters. The maximum Gasteiger partial charge on any atom is 0.243 e. The fourth-order valence-electron chi connectivity index (χ4n) is 5.36. The molecule has 6 amide bonds. The number of aromatic nitrogens is 2. The number of nitrogens with two attached hydrogens (primary N) is 3. The Hall–Kier alpha value is -5.72. The number of benzene rings is 1. The topological polar surface area (TPSA) is 314 Å². The Kier molecular flexibility index (Phi) is 18.4. The minimum absolute atomic E-state index is 0.00586. The van der Waals surface area contributed by atoms with Gasteiger partial charge in [-0.05, 0) is 49.4 Å². The number of hydrogen-bond acceptors (Lipinski definition) is 10. The van der Waals surface area contributed by atoms with E-state index in [0.29, 0.717) is 24.1 Å². The first-order valence-corrected chi connectivity index (χ1v) is 17.8. The summed E-state index contributed by atoms with van der Waals surface area (Å²) in [6, 6.07) is 0.331. The average molecular weight is 757 g/mol. The van der Waals surface area contributed by atoms with E-state index in [1.807, 2.05) is 6.92 Å². The second-order valence-corrected chi connectivity index (χ2v) is 13.4. The van der Waals surface area contributed by atoms with E-state index in [1.54, 1.807) is 40.0 Å². The van der Waals surface area contributed by atoms with Gasteiger partial charge in [-0.1, -0.05) is 46.2 Å². The van der Waals surface area contributed by atoms with Gasteiger partial charge < -0.3 is 59.2 Å². The SMILES string of the molecule is CC[C@H](C)[C@H](NC(=O)[C@H](Cc1ccc(O)cc1)NC(=O)[C@@H](NC(=O)[C@H](CCCN=C(N)N)NC(=O)CNC)C(C)C)C(=O)N[C@@H](Cc1cnc[nH]1)C(N)=O. The molecule has 0 bridgehead atoms. The Morgan fingerprint density at radius 1 is 0.815 bits per heavy atom. The van der Waals surface area contributed by atoms with Crippen LogP contribution in [-0.2, 0) is 41.6 Å². The molecule has 1 aromatic carbocycles. The van der Waals surface area contributed by atoms with Crippen molar-refractivity contribution in [1.82, 2.24) is 41.9 Å². The van der Waals surface area contributed by atoms with E-state index in [0.717, 1.165) is 0 Å². The number of H-pyrrole nitrogens is 1. The molecule has 0 saturated carbocycles. The van der Waals surface area contributed by atoms with Gasteiger partial charge >= 0.3 is 0 Å². The molecule has 6 atom stereocenters.